The molecular weight excluding hydrogens is 422 g/mol. The first kappa shape index (κ1) is 24.5. The van der Waals surface area contributed by atoms with Gasteiger partial charge in [0.15, 0.2) is 11.9 Å². The topological polar surface area (TPSA) is 119 Å². The van der Waals surface area contributed by atoms with Gasteiger partial charge in [-0.05, 0) is 44.0 Å². The Bertz CT molecular complexity index is 981. The maximum absolute atomic E-state index is 12.6. The van der Waals surface area contributed by atoms with E-state index in [4.69, 9.17) is 9.26 Å². The lowest BCUT2D eigenvalue weighted by Crippen LogP contribution is -2.33. The lowest BCUT2D eigenvalue weighted by atomic mass is 10.1. The standard InChI is InChI=1S/C21H29N3O6S/c1-5-8-9-18(20(25)22-19-14-15(4)30-23-19)29-21(26)16-10-12-17(13-11-16)31(27,28)24(6-2)7-3/h10-14,18H,5-9H2,1-4H3,(H,22,23,25). The first-order chi connectivity index (χ1) is 14.7. The van der Waals surface area contributed by atoms with E-state index in [1.165, 1.54) is 28.6 Å². The molecule has 9 nitrogen and oxygen atoms in total. The van der Waals surface area contributed by atoms with Crippen molar-refractivity contribution in [2.45, 2.75) is 58.0 Å². The van der Waals surface area contributed by atoms with Crippen LogP contribution in [0.2, 0.25) is 0 Å². The van der Waals surface area contributed by atoms with Crippen LogP contribution in [-0.2, 0) is 19.6 Å². The Labute approximate surface area is 182 Å². The minimum atomic E-state index is -3.62. The van der Waals surface area contributed by atoms with E-state index in [-0.39, 0.29) is 16.3 Å². The highest BCUT2D eigenvalue weighted by Crippen LogP contribution is 2.18. The van der Waals surface area contributed by atoms with Gasteiger partial charge < -0.3 is 14.6 Å². The van der Waals surface area contributed by atoms with Crippen molar-refractivity contribution in [2.24, 2.45) is 0 Å². The van der Waals surface area contributed by atoms with Crippen LogP contribution in [0.15, 0.2) is 39.8 Å². The van der Waals surface area contributed by atoms with Gasteiger partial charge in [-0.2, -0.15) is 4.31 Å². The summed E-state index contributed by atoms with van der Waals surface area (Å²) in [4.78, 5) is 25.2. The molecule has 1 atom stereocenters. The van der Waals surface area contributed by atoms with E-state index in [1.54, 1.807) is 26.8 Å². The number of ether oxygens (including phenoxy) is 1. The number of rotatable bonds is 11. The number of carbonyl (C=O) groups excluding carboxylic acids is 2. The smallest absolute Gasteiger partial charge is 0.338 e. The van der Waals surface area contributed by atoms with Gasteiger partial charge in [0.1, 0.15) is 5.76 Å². The number of anilines is 1. The van der Waals surface area contributed by atoms with Crippen LogP contribution < -0.4 is 5.32 Å². The molecule has 0 aliphatic rings. The summed E-state index contributed by atoms with van der Waals surface area (Å²) < 4.78 is 36.8. The molecule has 0 aliphatic carbocycles. The quantitative estimate of drug-likeness (QED) is 0.520. The fourth-order valence-corrected chi connectivity index (χ4v) is 4.40. The molecule has 1 aromatic carbocycles. The molecule has 1 amide bonds. The van der Waals surface area contributed by atoms with Crippen molar-refractivity contribution in [2.75, 3.05) is 18.4 Å². The number of unbranched alkanes of at least 4 members (excludes halogenated alkanes) is 1. The molecule has 1 heterocycles. The van der Waals surface area contributed by atoms with E-state index in [1.807, 2.05) is 6.92 Å². The summed E-state index contributed by atoms with van der Waals surface area (Å²) in [6.45, 7) is 7.88. The van der Waals surface area contributed by atoms with Gasteiger partial charge in [0.2, 0.25) is 10.0 Å². The van der Waals surface area contributed by atoms with Gasteiger partial charge in [-0.1, -0.05) is 32.3 Å². The number of esters is 1. The molecule has 2 aromatic rings. The van der Waals surface area contributed by atoms with Crippen LogP contribution in [0.4, 0.5) is 5.82 Å². The zero-order chi connectivity index (χ0) is 23.0. The van der Waals surface area contributed by atoms with Crippen LogP contribution in [0.5, 0.6) is 0 Å². The third kappa shape index (κ3) is 6.38. The van der Waals surface area contributed by atoms with Crippen molar-refractivity contribution in [1.29, 1.82) is 0 Å². The van der Waals surface area contributed by atoms with Crippen LogP contribution in [-0.4, -0.2) is 48.9 Å². The second-order valence-corrected chi connectivity index (χ2v) is 8.90. The van der Waals surface area contributed by atoms with E-state index < -0.39 is 28.0 Å². The van der Waals surface area contributed by atoms with Gasteiger partial charge in [0.05, 0.1) is 10.5 Å². The molecule has 0 radical (unpaired) electrons. The highest BCUT2D eigenvalue weighted by molar-refractivity contribution is 7.89. The van der Waals surface area contributed by atoms with E-state index >= 15 is 0 Å². The minimum Gasteiger partial charge on any atom is -0.449 e. The second kappa shape index (κ2) is 11.1. The molecule has 1 unspecified atom stereocenters. The fourth-order valence-electron chi connectivity index (χ4n) is 2.94. The van der Waals surface area contributed by atoms with Crippen LogP contribution in [0.25, 0.3) is 0 Å². The Morgan fingerprint density at radius 3 is 2.32 bits per heavy atom. The highest BCUT2D eigenvalue weighted by Gasteiger charge is 2.25. The molecule has 0 spiro atoms. The Balaban J connectivity index is 2.12. The average Bonchev–Trinajstić information content (AvgIpc) is 3.16. The summed E-state index contributed by atoms with van der Waals surface area (Å²) in [5, 5.41) is 6.29. The van der Waals surface area contributed by atoms with E-state index in [0.29, 0.717) is 31.7 Å². The summed E-state index contributed by atoms with van der Waals surface area (Å²) in [5.74, 6) is -0.432. The third-order valence-electron chi connectivity index (χ3n) is 4.67. The van der Waals surface area contributed by atoms with Crippen molar-refractivity contribution < 1.29 is 27.3 Å². The van der Waals surface area contributed by atoms with Crippen LogP contribution in [0.1, 0.15) is 56.2 Å². The minimum absolute atomic E-state index is 0.0921. The number of nitrogens with one attached hydrogen (secondary N) is 1. The van der Waals surface area contributed by atoms with Crippen molar-refractivity contribution in [3.8, 4) is 0 Å². The van der Waals surface area contributed by atoms with Crippen molar-refractivity contribution >= 4 is 27.7 Å². The molecular formula is C21H29N3O6S. The maximum atomic E-state index is 12.6. The molecule has 0 aliphatic heterocycles. The zero-order valence-electron chi connectivity index (χ0n) is 18.3. The fraction of sp³-hybridized carbons (Fsp3) is 0.476. The molecule has 2 rings (SSSR count). The van der Waals surface area contributed by atoms with Gasteiger partial charge in [0, 0.05) is 19.2 Å². The Kier molecular flexibility index (Phi) is 8.76. The normalized spacial score (nSPS) is 12.5. The highest BCUT2D eigenvalue weighted by atomic mass is 32.2. The van der Waals surface area contributed by atoms with E-state index in [9.17, 15) is 18.0 Å². The number of benzene rings is 1. The number of hydrogen-bond donors (Lipinski definition) is 1. The van der Waals surface area contributed by atoms with Gasteiger partial charge in [-0.25, -0.2) is 13.2 Å². The maximum Gasteiger partial charge on any atom is 0.338 e. The summed E-state index contributed by atoms with van der Waals surface area (Å²) in [5.41, 5.74) is 0.157. The predicted molar refractivity (Wildman–Crippen MR) is 115 cm³/mol. The molecule has 1 aromatic heterocycles. The molecule has 1 N–H and O–H groups in total. The molecule has 0 saturated carbocycles. The predicted octanol–water partition coefficient (Wildman–Crippen LogP) is 3.37. The van der Waals surface area contributed by atoms with Crippen molar-refractivity contribution in [1.82, 2.24) is 9.46 Å². The lowest BCUT2D eigenvalue weighted by molar-refractivity contribution is -0.125. The number of nitrogens with zero attached hydrogens (tertiary/aromatic N) is 2. The van der Waals surface area contributed by atoms with Crippen LogP contribution in [0, 0.1) is 6.92 Å². The number of aryl methyl sites for hydroxylation is 1. The SMILES string of the molecule is CCCCC(OC(=O)c1ccc(S(=O)(=O)N(CC)CC)cc1)C(=O)Nc1cc(C)on1. The third-order valence-corrected chi connectivity index (χ3v) is 6.74. The van der Waals surface area contributed by atoms with Gasteiger partial charge in [-0.3, -0.25) is 4.79 Å². The van der Waals surface area contributed by atoms with Gasteiger partial charge in [-0.15, -0.1) is 0 Å². The zero-order valence-corrected chi connectivity index (χ0v) is 19.1. The summed E-state index contributed by atoms with van der Waals surface area (Å²) in [7, 11) is -3.62. The van der Waals surface area contributed by atoms with Gasteiger partial charge in [0.25, 0.3) is 5.91 Å². The molecule has 10 heteroatoms. The molecule has 0 saturated heterocycles. The van der Waals surface area contributed by atoms with E-state index in [2.05, 4.69) is 10.5 Å². The second-order valence-electron chi connectivity index (χ2n) is 6.96. The molecule has 31 heavy (non-hydrogen) atoms. The molecule has 0 fully saturated rings. The Morgan fingerprint density at radius 2 is 1.81 bits per heavy atom. The van der Waals surface area contributed by atoms with Crippen molar-refractivity contribution in [3.63, 3.8) is 0 Å². The molecule has 170 valence electrons. The molecule has 0 bridgehead atoms. The summed E-state index contributed by atoms with van der Waals surface area (Å²) >= 11 is 0. The first-order valence-electron chi connectivity index (χ1n) is 10.3. The van der Waals surface area contributed by atoms with Crippen molar-refractivity contribution in [3.05, 3.63) is 41.7 Å². The van der Waals surface area contributed by atoms with Crippen LogP contribution >= 0.6 is 0 Å². The number of aromatic nitrogens is 1. The lowest BCUT2D eigenvalue weighted by Gasteiger charge is -2.19. The number of hydrogen-bond acceptors (Lipinski definition) is 7. The summed E-state index contributed by atoms with van der Waals surface area (Å²) in [6, 6.07) is 7.06. The Hall–Kier alpha value is -2.72. The van der Waals surface area contributed by atoms with Crippen LogP contribution in [0.3, 0.4) is 0 Å². The number of amides is 1. The monoisotopic (exact) mass is 451 g/mol. The number of carbonyl (C=O) groups is 2. The van der Waals surface area contributed by atoms with Gasteiger partial charge >= 0.3 is 5.97 Å². The summed E-state index contributed by atoms with van der Waals surface area (Å²) in [6.07, 6.45) is 0.842. The largest absolute Gasteiger partial charge is 0.449 e. The van der Waals surface area contributed by atoms with E-state index in [0.717, 1.165) is 6.42 Å². The average molecular weight is 452 g/mol. The first-order valence-corrected chi connectivity index (χ1v) is 11.7. The Morgan fingerprint density at radius 1 is 1.16 bits per heavy atom. The number of sulfonamides is 1.